The van der Waals surface area contributed by atoms with Gasteiger partial charge in [-0.2, -0.15) is 0 Å². The summed E-state index contributed by atoms with van der Waals surface area (Å²) in [5.74, 6) is 0.627. The molecule has 1 heterocycles. The van der Waals surface area contributed by atoms with Crippen LogP contribution in [0.3, 0.4) is 0 Å². The maximum Gasteiger partial charge on any atom is 0.240 e. The average molecular weight is 317 g/mol. The van der Waals surface area contributed by atoms with Gasteiger partial charge in [-0.1, -0.05) is 44.2 Å². The normalized spacial score (nSPS) is 22.2. The Morgan fingerprint density at radius 2 is 2.00 bits per heavy atom. The monoisotopic (exact) mass is 317 g/mol. The highest BCUT2D eigenvalue weighted by atomic mass is 16.2. The molecule has 2 atom stereocenters. The molecule has 1 fully saturated rings. The minimum atomic E-state index is -0.482. The Morgan fingerprint density at radius 3 is 2.61 bits per heavy atom. The molecule has 1 aliphatic rings. The highest BCUT2D eigenvalue weighted by Crippen LogP contribution is 2.26. The topological polar surface area (TPSA) is 58.4 Å². The molecule has 3 N–H and O–H groups in total. The molecule has 1 aromatic rings. The van der Waals surface area contributed by atoms with Gasteiger partial charge in [0.2, 0.25) is 5.91 Å². The predicted molar refractivity (Wildman–Crippen MR) is 95.2 cm³/mol. The fourth-order valence-electron chi connectivity index (χ4n) is 3.56. The number of nitrogens with two attached hydrogens (primary N) is 1. The van der Waals surface area contributed by atoms with Gasteiger partial charge in [0.15, 0.2) is 0 Å². The first-order valence-electron chi connectivity index (χ1n) is 8.64. The van der Waals surface area contributed by atoms with E-state index >= 15 is 0 Å². The van der Waals surface area contributed by atoms with Gasteiger partial charge in [-0.15, -0.1) is 0 Å². The van der Waals surface area contributed by atoms with Crippen LogP contribution in [0, 0.1) is 5.92 Å². The maximum absolute atomic E-state index is 13.1. The van der Waals surface area contributed by atoms with Crippen molar-refractivity contribution < 1.29 is 4.79 Å². The maximum atomic E-state index is 13.1. The fourth-order valence-corrected chi connectivity index (χ4v) is 3.56. The van der Waals surface area contributed by atoms with E-state index in [0.29, 0.717) is 12.3 Å². The van der Waals surface area contributed by atoms with E-state index in [9.17, 15) is 4.79 Å². The molecule has 23 heavy (non-hydrogen) atoms. The van der Waals surface area contributed by atoms with Crippen molar-refractivity contribution in [3.8, 4) is 0 Å². The summed E-state index contributed by atoms with van der Waals surface area (Å²) in [6.07, 6.45) is 1.59. The Bertz CT molecular complexity index is 513. The molecule has 1 saturated heterocycles. The van der Waals surface area contributed by atoms with Crippen molar-refractivity contribution in [3.05, 3.63) is 35.9 Å². The Balaban J connectivity index is 2.14. The van der Waals surface area contributed by atoms with Gasteiger partial charge >= 0.3 is 0 Å². The number of rotatable bonds is 5. The van der Waals surface area contributed by atoms with Crippen molar-refractivity contribution in [2.24, 2.45) is 11.7 Å². The second-order valence-corrected chi connectivity index (χ2v) is 7.73. The van der Waals surface area contributed by atoms with E-state index in [-0.39, 0.29) is 17.5 Å². The molecule has 0 aromatic heterocycles. The van der Waals surface area contributed by atoms with Crippen LogP contribution >= 0.6 is 0 Å². The lowest BCUT2D eigenvalue weighted by Crippen LogP contribution is -2.67. The molecular weight excluding hydrogens is 286 g/mol. The fraction of sp³-hybridized carbons (Fsp3) is 0.632. The lowest BCUT2D eigenvalue weighted by molar-refractivity contribution is -0.143. The van der Waals surface area contributed by atoms with Crippen LogP contribution in [0.5, 0.6) is 0 Å². The minimum absolute atomic E-state index is 0.0750. The van der Waals surface area contributed by atoms with E-state index in [1.807, 2.05) is 30.3 Å². The van der Waals surface area contributed by atoms with Gasteiger partial charge in [-0.25, -0.2) is 0 Å². The van der Waals surface area contributed by atoms with E-state index in [4.69, 9.17) is 5.73 Å². The number of benzene rings is 1. The van der Waals surface area contributed by atoms with E-state index in [1.165, 1.54) is 0 Å². The van der Waals surface area contributed by atoms with Crippen LogP contribution in [0.1, 0.15) is 39.7 Å². The summed E-state index contributed by atoms with van der Waals surface area (Å²) < 4.78 is 0. The zero-order valence-corrected chi connectivity index (χ0v) is 14.9. The number of carbonyl (C=O) groups excluding carboxylic acids is 1. The molecule has 128 valence electrons. The van der Waals surface area contributed by atoms with Crippen LogP contribution < -0.4 is 11.1 Å². The highest BCUT2D eigenvalue weighted by Gasteiger charge is 2.41. The Labute approximate surface area is 140 Å². The number of piperazine rings is 1. The lowest BCUT2D eigenvalue weighted by atomic mass is 9.90. The third-order valence-corrected chi connectivity index (χ3v) is 4.55. The summed E-state index contributed by atoms with van der Waals surface area (Å²) in [6, 6.07) is 9.75. The van der Waals surface area contributed by atoms with Crippen LogP contribution in [0.15, 0.2) is 30.3 Å². The smallest absolute Gasteiger partial charge is 0.240 e. The summed E-state index contributed by atoms with van der Waals surface area (Å²) in [6.45, 7) is 10.3. The van der Waals surface area contributed by atoms with Crippen molar-refractivity contribution in [3.63, 3.8) is 0 Å². The molecule has 0 radical (unpaired) electrons. The molecular formula is C19H31N3O. The summed E-state index contributed by atoms with van der Waals surface area (Å²) >= 11 is 0. The number of nitrogens with zero attached hydrogens (tertiary/aromatic N) is 1. The molecule has 2 rings (SSSR count). The summed E-state index contributed by atoms with van der Waals surface area (Å²) in [5.41, 5.74) is 7.19. The molecule has 0 spiro atoms. The molecule has 4 nitrogen and oxygen atoms in total. The molecule has 0 bridgehead atoms. The summed E-state index contributed by atoms with van der Waals surface area (Å²) in [5, 5.41) is 3.47. The van der Waals surface area contributed by atoms with Gasteiger partial charge in [0, 0.05) is 19.1 Å². The van der Waals surface area contributed by atoms with E-state index < -0.39 is 6.04 Å². The molecule has 1 aromatic carbocycles. The van der Waals surface area contributed by atoms with Crippen molar-refractivity contribution in [2.45, 2.75) is 58.2 Å². The quantitative estimate of drug-likeness (QED) is 0.875. The van der Waals surface area contributed by atoms with E-state index in [2.05, 4.69) is 37.9 Å². The molecule has 0 aliphatic carbocycles. The van der Waals surface area contributed by atoms with Crippen LogP contribution in [0.25, 0.3) is 0 Å². The van der Waals surface area contributed by atoms with Crippen LogP contribution in [-0.2, 0) is 11.2 Å². The predicted octanol–water partition coefficient (Wildman–Crippen LogP) is 2.18. The van der Waals surface area contributed by atoms with Crippen molar-refractivity contribution >= 4 is 5.91 Å². The molecule has 2 unspecified atom stereocenters. The third kappa shape index (κ3) is 4.55. The molecule has 4 heteroatoms. The van der Waals surface area contributed by atoms with Crippen LogP contribution in [0.4, 0.5) is 0 Å². The first-order valence-corrected chi connectivity index (χ1v) is 8.64. The number of amides is 1. The number of carbonyl (C=O) groups is 1. The molecule has 1 aliphatic heterocycles. The van der Waals surface area contributed by atoms with E-state index in [1.54, 1.807) is 0 Å². The summed E-state index contributed by atoms with van der Waals surface area (Å²) in [7, 11) is 0. The first kappa shape index (κ1) is 18.0. The van der Waals surface area contributed by atoms with Crippen LogP contribution in [-0.4, -0.2) is 41.5 Å². The number of hydrogen-bond acceptors (Lipinski definition) is 3. The zero-order valence-electron chi connectivity index (χ0n) is 14.9. The third-order valence-electron chi connectivity index (χ3n) is 4.55. The van der Waals surface area contributed by atoms with Gasteiger partial charge in [-0.3, -0.25) is 4.79 Å². The van der Waals surface area contributed by atoms with E-state index in [0.717, 1.165) is 25.1 Å². The Morgan fingerprint density at radius 1 is 1.35 bits per heavy atom. The standard InChI is InChI=1S/C19H31N3O/c1-14(2)10-16-12-21-13-19(3,4)22(16)18(23)17(20)11-15-8-6-5-7-9-15/h5-9,14,16-17,21H,10-13,20H2,1-4H3. The largest absolute Gasteiger partial charge is 0.331 e. The minimum Gasteiger partial charge on any atom is -0.331 e. The van der Waals surface area contributed by atoms with Crippen molar-refractivity contribution in [2.75, 3.05) is 13.1 Å². The second-order valence-electron chi connectivity index (χ2n) is 7.73. The van der Waals surface area contributed by atoms with Gasteiger partial charge in [0.25, 0.3) is 0 Å². The second kappa shape index (κ2) is 7.45. The van der Waals surface area contributed by atoms with Gasteiger partial charge in [0.1, 0.15) is 0 Å². The highest BCUT2D eigenvalue weighted by molar-refractivity contribution is 5.83. The SMILES string of the molecule is CC(C)CC1CNCC(C)(C)N1C(=O)C(N)Cc1ccccc1. The average Bonchev–Trinajstić information content (AvgIpc) is 2.46. The lowest BCUT2D eigenvalue weighted by Gasteiger charge is -2.49. The van der Waals surface area contributed by atoms with Gasteiger partial charge in [0.05, 0.1) is 11.6 Å². The summed E-state index contributed by atoms with van der Waals surface area (Å²) in [4.78, 5) is 15.1. The Kier molecular flexibility index (Phi) is 5.82. The zero-order chi connectivity index (χ0) is 17.0. The first-order chi connectivity index (χ1) is 10.8. The van der Waals surface area contributed by atoms with Crippen LogP contribution in [0.2, 0.25) is 0 Å². The molecule has 0 saturated carbocycles. The number of hydrogen-bond donors (Lipinski definition) is 2. The van der Waals surface area contributed by atoms with Crippen molar-refractivity contribution in [1.82, 2.24) is 10.2 Å². The van der Waals surface area contributed by atoms with Crippen molar-refractivity contribution in [1.29, 1.82) is 0 Å². The molecule has 1 amide bonds. The van der Waals surface area contributed by atoms with Gasteiger partial charge in [-0.05, 0) is 38.2 Å². The van der Waals surface area contributed by atoms with Gasteiger partial charge < -0.3 is 16.0 Å². The Hall–Kier alpha value is -1.39. The number of nitrogens with one attached hydrogen (secondary N) is 1.